The van der Waals surface area contributed by atoms with Gasteiger partial charge in [-0.2, -0.15) is 0 Å². The highest BCUT2D eigenvalue weighted by Crippen LogP contribution is 2.21. The summed E-state index contributed by atoms with van der Waals surface area (Å²) < 4.78 is 12.8. The smallest absolute Gasteiger partial charge is 0.127 e. The van der Waals surface area contributed by atoms with Gasteiger partial charge in [-0.25, -0.2) is 4.39 Å². The second-order valence-electron chi connectivity index (χ2n) is 2.14. The molecule has 0 N–H and O–H groups in total. The molecule has 0 nitrogen and oxygen atoms in total. The van der Waals surface area contributed by atoms with Crippen LogP contribution in [0, 0.1) is 5.82 Å². The summed E-state index contributed by atoms with van der Waals surface area (Å²) in [6, 6.07) is 6.52. The van der Waals surface area contributed by atoms with Gasteiger partial charge in [0, 0.05) is 5.56 Å². The Morgan fingerprint density at radius 2 is 2.00 bits per heavy atom. The first kappa shape index (κ1) is 7.55. The minimum Gasteiger partial charge on any atom is -0.207 e. The highest BCUT2D eigenvalue weighted by atomic mass is 35.5. The van der Waals surface area contributed by atoms with E-state index in [-0.39, 0.29) is 11.2 Å². The van der Waals surface area contributed by atoms with Crippen molar-refractivity contribution >= 4 is 11.6 Å². The average molecular weight is 159 g/mol. The number of alkyl halides is 1. The van der Waals surface area contributed by atoms with Crippen LogP contribution in [0.5, 0.6) is 0 Å². The van der Waals surface area contributed by atoms with E-state index in [1.807, 2.05) is 0 Å². The van der Waals surface area contributed by atoms with Crippen LogP contribution in [0.25, 0.3) is 0 Å². The van der Waals surface area contributed by atoms with Crippen molar-refractivity contribution in [1.82, 2.24) is 0 Å². The van der Waals surface area contributed by atoms with E-state index in [0.29, 0.717) is 5.56 Å². The Kier molecular flexibility index (Phi) is 2.28. The van der Waals surface area contributed by atoms with Crippen molar-refractivity contribution in [2.24, 2.45) is 0 Å². The molecule has 10 heavy (non-hydrogen) atoms. The summed E-state index contributed by atoms with van der Waals surface area (Å²) >= 11 is 5.67. The lowest BCUT2D eigenvalue weighted by Crippen LogP contribution is -1.88. The largest absolute Gasteiger partial charge is 0.207 e. The van der Waals surface area contributed by atoms with E-state index in [1.54, 1.807) is 25.1 Å². The van der Waals surface area contributed by atoms with Gasteiger partial charge in [0.15, 0.2) is 0 Å². The number of halogens is 2. The first-order chi connectivity index (χ1) is 4.72. The fraction of sp³-hybridized carbons (Fsp3) is 0.250. The van der Waals surface area contributed by atoms with E-state index in [9.17, 15) is 4.39 Å². The molecule has 0 heterocycles. The minimum atomic E-state index is -0.249. The molecule has 2 heteroatoms. The summed E-state index contributed by atoms with van der Waals surface area (Å²) in [4.78, 5) is 0. The third-order valence-corrected chi connectivity index (χ3v) is 1.57. The van der Waals surface area contributed by atoms with E-state index in [0.717, 1.165) is 0 Å². The molecular weight excluding hydrogens is 151 g/mol. The number of rotatable bonds is 1. The summed E-state index contributed by atoms with van der Waals surface area (Å²) in [6.45, 7) is 1.75. The monoisotopic (exact) mass is 158 g/mol. The van der Waals surface area contributed by atoms with Crippen LogP contribution in [0.4, 0.5) is 4.39 Å². The standard InChI is InChI=1S/C8H8ClF/c1-6(9)7-4-2-3-5-8(7)10/h2-6H,1H3/t6-/m1/s1. The van der Waals surface area contributed by atoms with Gasteiger partial charge in [0.05, 0.1) is 5.38 Å². The Morgan fingerprint density at radius 1 is 1.40 bits per heavy atom. The summed E-state index contributed by atoms with van der Waals surface area (Å²) in [6.07, 6.45) is 0. The summed E-state index contributed by atoms with van der Waals surface area (Å²) in [5.41, 5.74) is 0.559. The maximum atomic E-state index is 12.8. The second-order valence-corrected chi connectivity index (χ2v) is 2.79. The SMILES string of the molecule is C[C@@H](Cl)c1ccccc1F. The van der Waals surface area contributed by atoms with Crippen molar-refractivity contribution in [3.8, 4) is 0 Å². The van der Waals surface area contributed by atoms with Crippen molar-refractivity contribution in [3.05, 3.63) is 35.6 Å². The Hall–Kier alpha value is -0.560. The fourth-order valence-corrected chi connectivity index (χ4v) is 0.975. The number of benzene rings is 1. The molecule has 1 aromatic rings. The fourth-order valence-electron chi connectivity index (χ4n) is 0.798. The van der Waals surface area contributed by atoms with Gasteiger partial charge in [-0.1, -0.05) is 18.2 Å². The highest BCUT2D eigenvalue weighted by molar-refractivity contribution is 6.20. The zero-order valence-corrected chi connectivity index (χ0v) is 6.40. The van der Waals surface area contributed by atoms with Gasteiger partial charge in [-0.15, -0.1) is 11.6 Å². The van der Waals surface area contributed by atoms with E-state index < -0.39 is 0 Å². The summed E-state index contributed by atoms with van der Waals surface area (Å²) in [5.74, 6) is -0.231. The zero-order valence-electron chi connectivity index (χ0n) is 5.64. The lowest BCUT2D eigenvalue weighted by molar-refractivity contribution is 0.610. The van der Waals surface area contributed by atoms with E-state index in [1.165, 1.54) is 6.07 Å². The molecule has 0 aliphatic rings. The molecule has 0 aliphatic heterocycles. The molecule has 0 aromatic heterocycles. The van der Waals surface area contributed by atoms with Crippen molar-refractivity contribution in [3.63, 3.8) is 0 Å². The summed E-state index contributed by atoms with van der Waals surface area (Å²) in [5, 5.41) is -0.249. The lowest BCUT2D eigenvalue weighted by Gasteiger charge is -2.02. The normalized spacial score (nSPS) is 13.1. The predicted octanol–water partition coefficient (Wildman–Crippen LogP) is 3.13. The first-order valence-corrected chi connectivity index (χ1v) is 3.54. The number of hydrogen-bond donors (Lipinski definition) is 0. The molecule has 0 aliphatic carbocycles. The molecule has 0 bridgehead atoms. The predicted molar refractivity (Wildman–Crippen MR) is 40.7 cm³/mol. The third-order valence-electron chi connectivity index (χ3n) is 1.33. The van der Waals surface area contributed by atoms with Gasteiger partial charge in [-0.3, -0.25) is 0 Å². The molecule has 0 spiro atoms. The highest BCUT2D eigenvalue weighted by Gasteiger charge is 2.04. The first-order valence-electron chi connectivity index (χ1n) is 3.10. The van der Waals surface area contributed by atoms with Crippen LogP contribution in [-0.4, -0.2) is 0 Å². The van der Waals surface area contributed by atoms with E-state index in [2.05, 4.69) is 0 Å². The van der Waals surface area contributed by atoms with E-state index in [4.69, 9.17) is 11.6 Å². The quantitative estimate of drug-likeness (QED) is 0.551. The molecule has 54 valence electrons. The molecule has 0 radical (unpaired) electrons. The van der Waals surface area contributed by atoms with Crippen LogP contribution in [0.1, 0.15) is 17.9 Å². The zero-order chi connectivity index (χ0) is 7.56. The van der Waals surface area contributed by atoms with Crippen LogP contribution in [-0.2, 0) is 0 Å². The molecule has 1 aromatic carbocycles. The maximum absolute atomic E-state index is 12.8. The molecule has 0 saturated heterocycles. The number of hydrogen-bond acceptors (Lipinski definition) is 0. The Morgan fingerprint density at radius 3 is 2.40 bits per heavy atom. The van der Waals surface area contributed by atoms with Crippen molar-refractivity contribution in [2.45, 2.75) is 12.3 Å². The summed E-state index contributed by atoms with van der Waals surface area (Å²) in [7, 11) is 0. The Labute approximate surface area is 64.6 Å². The van der Waals surface area contributed by atoms with E-state index >= 15 is 0 Å². The van der Waals surface area contributed by atoms with Crippen molar-refractivity contribution in [2.75, 3.05) is 0 Å². The molecule has 0 fully saturated rings. The van der Waals surface area contributed by atoms with Gasteiger partial charge in [0.1, 0.15) is 5.82 Å². The second kappa shape index (κ2) is 3.02. The Bertz CT molecular complexity index is 220. The van der Waals surface area contributed by atoms with Crippen LogP contribution in [0.2, 0.25) is 0 Å². The molecular formula is C8H8ClF. The maximum Gasteiger partial charge on any atom is 0.127 e. The molecule has 0 saturated carbocycles. The van der Waals surface area contributed by atoms with Crippen molar-refractivity contribution in [1.29, 1.82) is 0 Å². The van der Waals surface area contributed by atoms with Gasteiger partial charge in [0.25, 0.3) is 0 Å². The average Bonchev–Trinajstić information content (AvgIpc) is 1.88. The van der Waals surface area contributed by atoms with Gasteiger partial charge in [-0.05, 0) is 13.0 Å². The van der Waals surface area contributed by atoms with Gasteiger partial charge >= 0.3 is 0 Å². The van der Waals surface area contributed by atoms with Crippen LogP contribution in [0.3, 0.4) is 0 Å². The Balaban J connectivity index is 3.03. The topological polar surface area (TPSA) is 0 Å². The molecule has 0 amide bonds. The van der Waals surface area contributed by atoms with Crippen LogP contribution in [0.15, 0.2) is 24.3 Å². The molecule has 0 unspecified atom stereocenters. The molecule has 1 atom stereocenters. The van der Waals surface area contributed by atoms with Gasteiger partial charge in [0.2, 0.25) is 0 Å². The third kappa shape index (κ3) is 1.48. The van der Waals surface area contributed by atoms with Crippen LogP contribution >= 0.6 is 11.6 Å². The van der Waals surface area contributed by atoms with Crippen LogP contribution < -0.4 is 0 Å². The minimum absolute atomic E-state index is 0.231. The van der Waals surface area contributed by atoms with Crippen molar-refractivity contribution < 1.29 is 4.39 Å². The van der Waals surface area contributed by atoms with Gasteiger partial charge < -0.3 is 0 Å². The lowest BCUT2D eigenvalue weighted by atomic mass is 10.1. The molecule has 1 rings (SSSR count).